The van der Waals surface area contributed by atoms with Gasteiger partial charge in [-0.15, -0.1) is 0 Å². The van der Waals surface area contributed by atoms with Crippen LogP contribution in [0, 0.1) is 5.92 Å². The number of likely N-dealkylation sites (tertiary alicyclic amines) is 1. The number of hydrogen-bond donors (Lipinski definition) is 1. The Morgan fingerprint density at radius 3 is 2.36 bits per heavy atom. The molecule has 2 atom stereocenters. The number of carbonyl (C=O) groups is 2. The van der Waals surface area contributed by atoms with Crippen molar-refractivity contribution >= 4 is 12.1 Å². The molecule has 0 bridgehead atoms. The Balaban J connectivity index is 2.27. The highest BCUT2D eigenvalue weighted by atomic mass is 19.4. The summed E-state index contributed by atoms with van der Waals surface area (Å²) in [5.74, 6) is -2.88. The molecule has 1 aliphatic rings. The molecular weight excluding hydrogens is 339 g/mol. The molecule has 2 rings (SSSR count). The molecule has 2 unspecified atom stereocenters. The Labute approximate surface area is 143 Å². The van der Waals surface area contributed by atoms with Crippen molar-refractivity contribution in [2.24, 2.45) is 5.92 Å². The van der Waals surface area contributed by atoms with Crippen LogP contribution in [0.4, 0.5) is 18.0 Å². The summed E-state index contributed by atoms with van der Waals surface area (Å²) in [4.78, 5) is 24.9. The summed E-state index contributed by atoms with van der Waals surface area (Å²) >= 11 is 0. The van der Waals surface area contributed by atoms with Gasteiger partial charge in [-0.3, -0.25) is 4.79 Å². The fraction of sp³-hybridized carbons (Fsp3) is 0.529. The minimum Gasteiger partial charge on any atom is -0.481 e. The molecule has 1 fully saturated rings. The van der Waals surface area contributed by atoms with Gasteiger partial charge in [0.2, 0.25) is 0 Å². The van der Waals surface area contributed by atoms with Crippen LogP contribution in [-0.2, 0) is 15.7 Å². The number of ether oxygens (including phenoxy) is 1. The van der Waals surface area contributed by atoms with Gasteiger partial charge in [0.05, 0.1) is 11.5 Å². The van der Waals surface area contributed by atoms with Crippen LogP contribution in [0.15, 0.2) is 24.3 Å². The quantitative estimate of drug-likeness (QED) is 0.874. The highest BCUT2D eigenvalue weighted by Gasteiger charge is 2.42. The molecule has 0 aliphatic carbocycles. The fourth-order valence-electron chi connectivity index (χ4n) is 2.81. The molecule has 1 N–H and O–H groups in total. The van der Waals surface area contributed by atoms with Crippen LogP contribution >= 0.6 is 0 Å². The van der Waals surface area contributed by atoms with E-state index in [1.54, 1.807) is 20.8 Å². The molecule has 8 heteroatoms. The SMILES string of the molecule is CC(C)(C)OC(=O)N1CC(C(=O)O)C(c2cccc(C(F)(F)F)c2)C1. The third-order valence-electron chi connectivity index (χ3n) is 3.93. The highest BCUT2D eigenvalue weighted by Crippen LogP contribution is 2.37. The second-order valence-corrected chi connectivity index (χ2v) is 7.06. The standard InChI is InChI=1S/C17H20F3NO4/c1-16(2,3)25-15(24)21-8-12(13(9-21)14(22)23)10-5-4-6-11(7-10)17(18,19)20/h4-7,12-13H,8-9H2,1-3H3,(H,22,23). The van der Waals surface area contributed by atoms with Crippen molar-refractivity contribution in [1.29, 1.82) is 0 Å². The van der Waals surface area contributed by atoms with Gasteiger partial charge in [-0.05, 0) is 32.4 Å². The molecule has 0 spiro atoms. The lowest BCUT2D eigenvalue weighted by molar-refractivity contribution is -0.141. The summed E-state index contributed by atoms with van der Waals surface area (Å²) in [6, 6.07) is 4.57. The predicted molar refractivity (Wildman–Crippen MR) is 83.1 cm³/mol. The minimum atomic E-state index is -4.52. The van der Waals surface area contributed by atoms with E-state index < -0.39 is 41.2 Å². The maximum Gasteiger partial charge on any atom is 0.416 e. The van der Waals surface area contributed by atoms with E-state index >= 15 is 0 Å². The molecule has 1 saturated heterocycles. The number of alkyl halides is 3. The monoisotopic (exact) mass is 359 g/mol. The van der Waals surface area contributed by atoms with Gasteiger partial charge >= 0.3 is 18.2 Å². The molecule has 1 aliphatic heterocycles. The number of carboxylic acids is 1. The second-order valence-electron chi connectivity index (χ2n) is 7.06. The molecule has 138 valence electrons. The Kier molecular flexibility index (Phi) is 5.02. The number of carboxylic acid groups (broad SMARTS) is 1. The van der Waals surface area contributed by atoms with E-state index in [9.17, 15) is 27.9 Å². The van der Waals surface area contributed by atoms with Crippen LogP contribution in [-0.4, -0.2) is 40.8 Å². The molecule has 1 aromatic rings. The van der Waals surface area contributed by atoms with Crippen LogP contribution in [0.25, 0.3) is 0 Å². The van der Waals surface area contributed by atoms with Crippen molar-refractivity contribution in [3.05, 3.63) is 35.4 Å². The largest absolute Gasteiger partial charge is 0.481 e. The fourth-order valence-corrected chi connectivity index (χ4v) is 2.81. The predicted octanol–water partition coefficient (Wildman–Crippen LogP) is 3.74. The number of rotatable bonds is 2. The summed E-state index contributed by atoms with van der Waals surface area (Å²) in [5, 5.41) is 9.41. The minimum absolute atomic E-state index is 0.00676. The van der Waals surface area contributed by atoms with E-state index in [4.69, 9.17) is 4.74 Å². The summed E-state index contributed by atoms with van der Waals surface area (Å²) in [7, 11) is 0. The van der Waals surface area contributed by atoms with E-state index in [-0.39, 0.29) is 18.7 Å². The zero-order valence-corrected chi connectivity index (χ0v) is 14.1. The van der Waals surface area contributed by atoms with Crippen molar-refractivity contribution in [3.63, 3.8) is 0 Å². The zero-order chi connectivity index (χ0) is 19.0. The lowest BCUT2D eigenvalue weighted by atomic mass is 9.88. The summed E-state index contributed by atoms with van der Waals surface area (Å²) in [5.41, 5.74) is -1.34. The van der Waals surface area contributed by atoms with E-state index in [0.717, 1.165) is 12.1 Å². The number of hydrogen-bond acceptors (Lipinski definition) is 3. The van der Waals surface area contributed by atoms with Crippen LogP contribution in [0.2, 0.25) is 0 Å². The van der Waals surface area contributed by atoms with Gasteiger partial charge in [-0.25, -0.2) is 4.79 Å². The van der Waals surface area contributed by atoms with Gasteiger partial charge in [-0.1, -0.05) is 18.2 Å². The van der Waals surface area contributed by atoms with Crippen LogP contribution < -0.4 is 0 Å². The van der Waals surface area contributed by atoms with Gasteiger partial charge < -0.3 is 14.7 Å². The maximum absolute atomic E-state index is 12.9. The summed E-state index contributed by atoms with van der Waals surface area (Å²) in [6.07, 6.45) is -5.19. The zero-order valence-electron chi connectivity index (χ0n) is 14.1. The lowest BCUT2D eigenvalue weighted by Gasteiger charge is -2.24. The molecule has 0 saturated carbocycles. The Hall–Kier alpha value is -2.25. The smallest absolute Gasteiger partial charge is 0.416 e. The van der Waals surface area contributed by atoms with Crippen molar-refractivity contribution in [1.82, 2.24) is 4.90 Å². The summed E-state index contributed by atoms with van der Waals surface area (Å²) in [6.45, 7) is 4.93. The third-order valence-corrected chi connectivity index (χ3v) is 3.93. The van der Waals surface area contributed by atoms with Crippen molar-refractivity contribution < 1.29 is 32.6 Å². The second kappa shape index (κ2) is 6.57. The molecule has 1 aromatic carbocycles. The van der Waals surface area contributed by atoms with Crippen LogP contribution in [0.5, 0.6) is 0 Å². The first kappa shape index (κ1) is 19.1. The Morgan fingerprint density at radius 1 is 1.20 bits per heavy atom. The Morgan fingerprint density at radius 2 is 1.84 bits per heavy atom. The van der Waals surface area contributed by atoms with Crippen LogP contribution in [0.3, 0.4) is 0 Å². The highest BCUT2D eigenvalue weighted by molar-refractivity contribution is 5.76. The molecule has 1 amide bonds. The van der Waals surface area contributed by atoms with Crippen molar-refractivity contribution in [2.75, 3.05) is 13.1 Å². The lowest BCUT2D eigenvalue weighted by Crippen LogP contribution is -2.35. The normalized spacial score (nSPS) is 21.3. The van der Waals surface area contributed by atoms with Crippen LogP contribution in [0.1, 0.15) is 37.8 Å². The Bertz CT molecular complexity index is 667. The average molecular weight is 359 g/mol. The van der Waals surface area contributed by atoms with Gasteiger partial charge in [0.25, 0.3) is 0 Å². The number of carbonyl (C=O) groups excluding carboxylic acids is 1. The summed E-state index contributed by atoms with van der Waals surface area (Å²) < 4.78 is 43.9. The molecule has 0 aromatic heterocycles. The van der Waals surface area contributed by atoms with Gasteiger partial charge in [-0.2, -0.15) is 13.2 Å². The number of amides is 1. The van der Waals surface area contributed by atoms with Crippen molar-refractivity contribution in [3.8, 4) is 0 Å². The van der Waals surface area contributed by atoms with E-state index in [2.05, 4.69) is 0 Å². The number of nitrogens with zero attached hydrogens (tertiary/aromatic N) is 1. The van der Waals surface area contributed by atoms with E-state index in [0.29, 0.717) is 0 Å². The first-order valence-electron chi connectivity index (χ1n) is 7.76. The first-order valence-corrected chi connectivity index (χ1v) is 7.76. The van der Waals surface area contributed by atoms with Gasteiger partial charge in [0.1, 0.15) is 5.60 Å². The topological polar surface area (TPSA) is 66.8 Å². The number of benzene rings is 1. The molecule has 0 radical (unpaired) electrons. The number of halogens is 3. The first-order chi connectivity index (χ1) is 11.4. The maximum atomic E-state index is 12.9. The average Bonchev–Trinajstić information content (AvgIpc) is 2.90. The van der Waals surface area contributed by atoms with Gasteiger partial charge in [0.15, 0.2) is 0 Å². The molecule has 1 heterocycles. The molecule has 5 nitrogen and oxygen atoms in total. The van der Waals surface area contributed by atoms with Crippen molar-refractivity contribution in [2.45, 2.75) is 38.5 Å². The molecule has 25 heavy (non-hydrogen) atoms. The van der Waals surface area contributed by atoms with E-state index in [1.165, 1.54) is 17.0 Å². The third kappa shape index (κ3) is 4.64. The number of aliphatic carboxylic acids is 1. The van der Waals surface area contributed by atoms with E-state index in [1.807, 2.05) is 0 Å². The van der Waals surface area contributed by atoms with Gasteiger partial charge in [0, 0.05) is 19.0 Å². The molecular formula is C17H20F3NO4.